The van der Waals surface area contributed by atoms with Gasteiger partial charge in [-0.25, -0.2) is 4.79 Å². The predicted octanol–water partition coefficient (Wildman–Crippen LogP) is 2.77. The molecule has 0 bridgehead atoms. The van der Waals surface area contributed by atoms with Gasteiger partial charge >= 0.3 is 5.97 Å². The van der Waals surface area contributed by atoms with Gasteiger partial charge in [-0.1, -0.05) is 0 Å². The molecule has 3 heterocycles. The van der Waals surface area contributed by atoms with E-state index < -0.39 is 0 Å². The average Bonchev–Trinajstić information content (AvgIpc) is 3.22. The Bertz CT molecular complexity index is 943. The number of aromatic amines is 1. The molecule has 1 aromatic carbocycles. The van der Waals surface area contributed by atoms with Gasteiger partial charge in [-0.3, -0.25) is 4.90 Å². The van der Waals surface area contributed by atoms with Crippen LogP contribution in [0.2, 0.25) is 0 Å². The molecule has 1 aliphatic rings. The van der Waals surface area contributed by atoms with E-state index in [-0.39, 0.29) is 12.0 Å². The zero-order valence-corrected chi connectivity index (χ0v) is 14.5. The Kier molecular flexibility index (Phi) is 3.80. The summed E-state index contributed by atoms with van der Waals surface area (Å²) in [7, 11) is 1.40. The summed E-state index contributed by atoms with van der Waals surface area (Å²) in [5, 5.41) is 9.14. The van der Waals surface area contributed by atoms with Crippen molar-refractivity contribution in [3.05, 3.63) is 46.8 Å². The molecule has 7 nitrogen and oxygen atoms in total. The second-order valence-corrected chi connectivity index (χ2v) is 6.39. The molecule has 0 saturated heterocycles. The summed E-state index contributed by atoms with van der Waals surface area (Å²) < 4.78 is 10.4. The molecule has 0 aliphatic carbocycles. The standard InChI is InChI=1S/C18H20N4O3/c1-10(17-21-20-11(2)25-17)22-7-6-16-14(9-22)13-8-12(18(23)24-3)4-5-15(13)19-16/h4-5,8,10,19H,6-7,9H2,1-3H3/t10-/m0/s1. The minimum absolute atomic E-state index is 0.0445. The molecule has 1 aliphatic heterocycles. The van der Waals surface area contributed by atoms with Gasteiger partial charge in [0.05, 0.1) is 18.7 Å². The van der Waals surface area contributed by atoms with Crippen LogP contribution in [0.15, 0.2) is 22.6 Å². The Morgan fingerprint density at radius 2 is 2.24 bits per heavy atom. The number of fused-ring (bicyclic) bond motifs is 3. The quantitative estimate of drug-likeness (QED) is 0.738. The number of hydrogen-bond acceptors (Lipinski definition) is 6. The normalized spacial score (nSPS) is 16.0. The minimum Gasteiger partial charge on any atom is -0.465 e. The second-order valence-electron chi connectivity index (χ2n) is 6.39. The van der Waals surface area contributed by atoms with Gasteiger partial charge in [0.15, 0.2) is 0 Å². The molecule has 130 valence electrons. The van der Waals surface area contributed by atoms with Crippen LogP contribution in [-0.2, 0) is 17.7 Å². The number of benzene rings is 1. The molecule has 4 rings (SSSR count). The Balaban J connectivity index is 1.68. The number of aromatic nitrogens is 3. The van der Waals surface area contributed by atoms with E-state index in [2.05, 4.69) is 27.0 Å². The highest BCUT2D eigenvalue weighted by Crippen LogP contribution is 2.32. The van der Waals surface area contributed by atoms with Crippen molar-refractivity contribution in [1.29, 1.82) is 0 Å². The first kappa shape index (κ1) is 15.8. The maximum Gasteiger partial charge on any atom is 0.337 e. The second kappa shape index (κ2) is 6.00. The van der Waals surface area contributed by atoms with Gasteiger partial charge in [0.25, 0.3) is 0 Å². The van der Waals surface area contributed by atoms with Gasteiger partial charge in [0.1, 0.15) is 0 Å². The maximum atomic E-state index is 11.8. The summed E-state index contributed by atoms with van der Waals surface area (Å²) in [6, 6.07) is 5.68. The number of esters is 1. The van der Waals surface area contributed by atoms with E-state index in [1.165, 1.54) is 18.4 Å². The molecule has 0 fully saturated rings. The topological polar surface area (TPSA) is 84.3 Å². The van der Waals surface area contributed by atoms with E-state index in [0.717, 1.165) is 30.4 Å². The number of hydrogen-bond donors (Lipinski definition) is 1. The molecule has 0 radical (unpaired) electrons. The van der Waals surface area contributed by atoms with E-state index in [1.54, 1.807) is 13.0 Å². The lowest BCUT2D eigenvalue weighted by Gasteiger charge is -2.30. The molecule has 0 saturated carbocycles. The first-order chi connectivity index (χ1) is 12.1. The largest absolute Gasteiger partial charge is 0.465 e. The zero-order chi connectivity index (χ0) is 17.6. The molecule has 1 N–H and O–H groups in total. The predicted molar refractivity (Wildman–Crippen MR) is 91.2 cm³/mol. The van der Waals surface area contributed by atoms with E-state index in [4.69, 9.17) is 9.15 Å². The number of carbonyl (C=O) groups excluding carboxylic acids is 1. The van der Waals surface area contributed by atoms with Gasteiger partial charge in [-0.2, -0.15) is 0 Å². The van der Waals surface area contributed by atoms with Gasteiger partial charge in [-0.05, 0) is 30.7 Å². The SMILES string of the molecule is COC(=O)c1ccc2[nH]c3c(c2c1)CN([C@@H](C)c1nnc(C)o1)CC3. The number of ether oxygens (including phenoxy) is 1. The average molecular weight is 340 g/mol. The summed E-state index contributed by atoms with van der Waals surface area (Å²) in [4.78, 5) is 17.6. The van der Waals surface area contributed by atoms with E-state index >= 15 is 0 Å². The van der Waals surface area contributed by atoms with Gasteiger partial charge in [0.2, 0.25) is 11.8 Å². The lowest BCUT2D eigenvalue weighted by molar-refractivity contribution is 0.0601. The lowest BCUT2D eigenvalue weighted by Crippen LogP contribution is -2.32. The van der Waals surface area contributed by atoms with Crippen LogP contribution in [0.1, 0.15) is 46.4 Å². The fourth-order valence-electron chi connectivity index (χ4n) is 3.45. The molecule has 7 heteroatoms. The van der Waals surface area contributed by atoms with Crippen LogP contribution >= 0.6 is 0 Å². The summed E-state index contributed by atoms with van der Waals surface area (Å²) >= 11 is 0. The van der Waals surface area contributed by atoms with Crippen LogP contribution in [0, 0.1) is 6.92 Å². The Hall–Kier alpha value is -2.67. The monoisotopic (exact) mass is 340 g/mol. The number of H-pyrrole nitrogens is 1. The zero-order valence-electron chi connectivity index (χ0n) is 14.5. The lowest BCUT2D eigenvalue weighted by atomic mass is 10.0. The van der Waals surface area contributed by atoms with E-state index in [9.17, 15) is 4.79 Å². The molecule has 0 spiro atoms. The molecule has 2 aromatic heterocycles. The van der Waals surface area contributed by atoms with Crippen LogP contribution in [-0.4, -0.2) is 39.7 Å². The Morgan fingerprint density at radius 3 is 2.96 bits per heavy atom. The molecule has 1 atom stereocenters. The smallest absolute Gasteiger partial charge is 0.337 e. The molecule has 0 amide bonds. The summed E-state index contributed by atoms with van der Waals surface area (Å²) in [5.74, 6) is 0.893. The van der Waals surface area contributed by atoms with Crippen molar-refractivity contribution in [3.8, 4) is 0 Å². The van der Waals surface area contributed by atoms with E-state index in [0.29, 0.717) is 17.3 Å². The van der Waals surface area contributed by atoms with Crippen LogP contribution in [0.25, 0.3) is 10.9 Å². The van der Waals surface area contributed by atoms with E-state index in [1.807, 2.05) is 12.1 Å². The third kappa shape index (κ3) is 2.70. The van der Waals surface area contributed by atoms with Gasteiger partial charge < -0.3 is 14.1 Å². The van der Waals surface area contributed by atoms with Crippen molar-refractivity contribution in [3.63, 3.8) is 0 Å². The van der Waals surface area contributed by atoms with Crippen molar-refractivity contribution in [2.45, 2.75) is 32.9 Å². The molecular formula is C18H20N4O3. The van der Waals surface area contributed by atoms with Crippen molar-refractivity contribution in [2.24, 2.45) is 0 Å². The first-order valence-electron chi connectivity index (χ1n) is 8.32. The van der Waals surface area contributed by atoms with Crippen molar-refractivity contribution in [1.82, 2.24) is 20.1 Å². The number of rotatable bonds is 3. The third-order valence-corrected chi connectivity index (χ3v) is 4.87. The number of nitrogens with zero attached hydrogens (tertiary/aromatic N) is 3. The molecule has 0 unspecified atom stereocenters. The molecular weight excluding hydrogens is 320 g/mol. The number of methoxy groups -OCH3 is 1. The summed E-state index contributed by atoms with van der Waals surface area (Å²) in [6.07, 6.45) is 0.912. The molecule has 3 aromatic rings. The summed E-state index contributed by atoms with van der Waals surface area (Å²) in [5.41, 5.74) is 4.05. The maximum absolute atomic E-state index is 11.8. The van der Waals surface area contributed by atoms with Crippen molar-refractivity contribution >= 4 is 16.9 Å². The van der Waals surface area contributed by atoms with Crippen molar-refractivity contribution < 1.29 is 13.9 Å². The Labute approximate surface area is 145 Å². The van der Waals surface area contributed by atoms with Crippen LogP contribution in [0.3, 0.4) is 0 Å². The highest BCUT2D eigenvalue weighted by molar-refractivity contribution is 5.96. The number of nitrogens with one attached hydrogen (secondary N) is 1. The van der Waals surface area contributed by atoms with Gasteiger partial charge in [-0.15, -0.1) is 10.2 Å². The van der Waals surface area contributed by atoms with Crippen LogP contribution in [0.4, 0.5) is 0 Å². The van der Waals surface area contributed by atoms with Crippen molar-refractivity contribution in [2.75, 3.05) is 13.7 Å². The third-order valence-electron chi connectivity index (χ3n) is 4.87. The van der Waals surface area contributed by atoms with Gasteiger partial charge in [0, 0.05) is 43.0 Å². The highest BCUT2D eigenvalue weighted by Gasteiger charge is 2.27. The highest BCUT2D eigenvalue weighted by atomic mass is 16.5. The summed E-state index contributed by atoms with van der Waals surface area (Å²) in [6.45, 7) is 5.55. The first-order valence-corrected chi connectivity index (χ1v) is 8.32. The minimum atomic E-state index is -0.320. The number of carbonyl (C=O) groups is 1. The fraction of sp³-hybridized carbons (Fsp3) is 0.389. The Morgan fingerprint density at radius 1 is 1.40 bits per heavy atom. The molecule has 25 heavy (non-hydrogen) atoms. The number of aryl methyl sites for hydroxylation is 1. The fourth-order valence-corrected chi connectivity index (χ4v) is 3.45. The van der Waals surface area contributed by atoms with Crippen LogP contribution in [0.5, 0.6) is 0 Å². The van der Waals surface area contributed by atoms with Crippen LogP contribution < -0.4 is 0 Å².